The van der Waals surface area contributed by atoms with Gasteiger partial charge in [-0.25, -0.2) is 14.4 Å². The molecule has 220 valence electrons. The maximum absolute atomic E-state index is 14.9. The van der Waals surface area contributed by atoms with Gasteiger partial charge in [-0.1, -0.05) is 12.1 Å². The highest BCUT2D eigenvalue weighted by Gasteiger charge is 2.44. The molecule has 2 aromatic heterocycles. The molecule has 2 fully saturated rings. The fraction of sp³-hybridized carbons (Fsp3) is 0.552. The number of benzene rings is 1. The number of carbonyl (C=O) groups excluding carboxylic acids is 1. The molecule has 6 rings (SSSR count). The molecule has 41 heavy (non-hydrogen) atoms. The molecule has 5 heterocycles. The molecule has 0 unspecified atom stereocenters. The Bertz CT molecular complexity index is 1460. The first-order chi connectivity index (χ1) is 19.6. The first-order valence-electron chi connectivity index (χ1n) is 14.1. The van der Waals surface area contributed by atoms with Gasteiger partial charge >= 0.3 is 6.18 Å². The van der Waals surface area contributed by atoms with Crippen LogP contribution in [0.5, 0.6) is 0 Å². The summed E-state index contributed by atoms with van der Waals surface area (Å²) in [6.07, 6.45) is -2.01. The summed E-state index contributed by atoms with van der Waals surface area (Å²) in [6, 6.07) is 4.47. The van der Waals surface area contributed by atoms with E-state index in [1.165, 1.54) is 12.1 Å². The van der Waals surface area contributed by atoms with Crippen LogP contribution in [0.2, 0.25) is 0 Å². The first kappa shape index (κ1) is 27.9. The number of amides is 1. The summed E-state index contributed by atoms with van der Waals surface area (Å²) in [7, 11) is 0. The lowest BCUT2D eigenvalue weighted by atomic mass is 9.86. The Morgan fingerprint density at radius 3 is 2.56 bits per heavy atom. The van der Waals surface area contributed by atoms with Crippen molar-refractivity contribution in [2.45, 2.75) is 63.9 Å². The van der Waals surface area contributed by atoms with E-state index in [2.05, 4.69) is 14.9 Å². The molecule has 1 spiro atoms. The Morgan fingerprint density at radius 2 is 1.85 bits per heavy atom. The smallest absolute Gasteiger partial charge is 0.381 e. The Kier molecular flexibility index (Phi) is 7.17. The van der Waals surface area contributed by atoms with E-state index < -0.39 is 29.2 Å². The monoisotopic (exact) mass is 575 g/mol. The highest BCUT2D eigenvalue weighted by atomic mass is 19.4. The third-order valence-electron chi connectivity index (χ3n) is 8.63. The normalized spacial score (nSPS) is 20.3. The molecule has 12 heteroatoms. The summed E-state index contributed by atoms with van der Waals surface area (Å²) < 4.78 is 68.8. The van der Waals surface area contributed by atoms with Gasteiger partial charge in [0.05, 0.1) is 29.3 Å². The third-order valence-corrected chi connectivity index (χ3v) is 8.63. The zero-order chi connectivity index (χ0) is 28.9. The van der Waals surface area contributed by atoms with Gasteiger partial charge in [-0.15, -0.1) is 0 Å². The maximum Gasteiger partial charge on any atom is 0.419 e. The average Bonchev–Trinajstić information content (AvgIpc) is 3.33. The van der Waals surface area contributed by atoms with Crippen molar-refractivity contribution in [1.29, 1.82) is 0 Å². The standard InChI is InChI=1S/C29H33F4N5O3/c1-17(20-4-3-5-22(24(20)30)29(31,32)33)34-25-21-16-23-28(41-15-12-38(23)26(21)36-18(2)35-25)8-10-37(11-9-28)27(39)19-6-13-40-14-7-19/h3-5,16-17,19H,6-15H2,1-2H3,(H,34,35,36)/t17-/m1/s1. The number of hydrogen-bond acceptors (Lipinski definition) is 6. The number of nitrogens with zero attached hydrogens (tertiary/aromatic N) is 4. The topological polar surface area (TPSA) is 81.5 Å². The van der Waals surface area contributed by atoms with E-state index in [1.54, 1.807) is 13.8 Å². The summed E-state index contributed by atoms with van der Waals surface area (Å²) in [5, 5.41) is 3.83. The summed E-state index contributed by atoms with van der Waals surface area (Å²) in [5.41, 5.74) is -0.356. The fourth-order valence-corrected chi connectivity index (χ4v) is 6.43. The maximum atomic E-state index is 14.9. The van der Waals surface area contributed by atoms with E-state index in [9.17, 15) is 22.4 Å². The lowest BCUT2D eigenvalue weighted by Gasteiger charge is -2.45. The Labute approximate surface area is 235 Å². The van der Waals surface area contributed by atoms with Gasteiger partial charge < -0.3 is 24.3 Å². The van der Waals surface area contributed by atoms with Crippen LogP contribution >= 0.6 is 0 Å². The molecular formula is C29H33F4N5O3. The largest absolute Gasteiger partial charge is 0.419 e. The van der Waals surface area contributed by atoms with E-state index in [0.29, 0.717) is 75.0 Å². The van der Waals surface area contributed by atoms with Crippen molar-refractivity contribution < 1.29 is 31.8 Å². The molecule has 2 saturated heterocycles. The van der Waals surface area contributed by atoms with Crippen LogP contribution in [0.4, 0.5) is 23.4 Å². The predicted octanol–water partition coefficient (Wildman–Crippen LogP) is 5.35. The van der Waals surface area contributed by atoms with Crippen molar-refractivity contribution in [2.24, 2.45) is 5.92 Å². The molecule has 0 radical (unpaired) electrons. The van der Waals surface area contributed by atoms with E-state index in [-0.39, 0.29) is 17.4 Å². The minimum Gasteiger partial charge on any atom is -0.381 e. The Morgan fingerprint density at radius 1 is 1.12 bits per heavy atom. The molecule has 1 aromatic carbocycles. The molecule has 1 atom stereocenters. The lowest BCUT2D eigenvalue weighted by Crippen LogP contribution is -2.50. The van der Waals surface area contributed by atoms with Crippen molar-refractivity contribution in [3.05, 3.63) is 52.7 Å². The van der Waals surface area contributed by atoms with Crippen LogP contribution in [-0.4, -0.2) is 58.3 Å². The quantitative estimate of drug-likeness (QED) is 0.423. The zero-order valence-electron chi connectivity index (χ0n) is 23.1. The lowest BCUT2D eigenvalue weighted by molar-refractivity contribution is -0.149. The van der Waals surface area contributed by atoms with Crippen LogP contribution < -0.4 is 5.32 Å². The van der Waals surface area contributed by atoms with Crippen LogP contribution in [0.3, 0.4) is 0 Å². The number of likely N-dealkylation sites (tertiary alicyclic amines) is 1. The van der Waals surface area contributed by atoms with Crippen molar-refractivity contribution in [1.82, 2.24) is 19.4 Å². The molecular weight excluding hydrogens is 542 g/mol. The SMILES string of the molecule is Cc1nc(N[C@H](C)c2cccc(C(F)(F)F)c2F)c2cc3n(c2n1)CCOC31CCN(C(=O)C2CCOCC2)CC1. The van der Waals surface area contributed by atoms with E-state index >= 15 is 0 Å². The average molecular weight is 576 g/mol. The molecule has 8 nitrogen and oxygen atoms in total. The number of piperidine rings is 1. The number of aryl methyl sites for hydroxylation is 1. The summed E-state index contributed by atoms with van der Waals surface area (Å²) >= 11 is 0. The van der Waals surface area contributed by atoms with Crippen LogP contribution in [0.25, 0.3) is 11.0 Å². The summed E-state index contributed by atoms with van der Waals surface area (Å²) in [4.78, 5) is 24.3. The molecule has 0 saturated carbocycles. The van der Waals surface area contributed by atoms with Gasteiger partial charge in [0, 0.05) is 44.3 Å². The van der Waals surface area contributed by atoms with Crippen LogP contribution in [0.15, 0.2) is 24.3 Å². The van der Waals surface area contributed by atoms with Crippen molar-refractivity contribution >= 4 is 22.8 Å². The fourth-order valence-electron chi connectivity index (χ4n) is 6.43. The molecule has 3 aliphatic rings. The number of carbonyl (C=O) groups is 1. The van der Waals surface area contributed by atoms with Gasteiger partial charge in [-0.2, -0.15) is 13.2 Å². The summed E-state index contributed by atoms with van der Waals surface area (Å²) in [5.74, 6) is -0.209. The molecule has 1 N–H and O–H groups in total. The second-order valence-electron chi connectivity index (χ2n) is 11.2. The number of aromatic nitrogens is 3. The number of hydrogen-bond donors (Lipinski definition) is 1. The number of rotatable bonds is 4. The Hall–Kier alpha value is -3.25. The number of anilines is 1. The van der Waals surface area contributed by atoms with E-state index in [1.807, 2.05) is 11.0 Å². The zero-order valence-corrected chi connectivity index (χ0v) is 23.1. The first-order valence-corrected chi connectivity index (χ1v) is 14.1. The predicted molar refractivity (Wildman–Crippen MR) is 143 cm³/mol. The van der Waals surface area contributed by atoms with Gasteiger partial charge in [-0.3, -0.25) is 4.79 Å². The number of nitrogens with one attached hydrogen (secondary N) is 1. The number of fused-ring (bicyclic) bond motifs is 4. The minimum absolute atomic E-state index is 0.00653. The second-order valence-corrected chi connectivity index (χ2v) is 11.2. The van der Waals surface area contributed by atoms with Gasteiger partial charge in [0.1, 0.15) is 28.7 Å². The highest BCUT2D eigenvalue weighted by molar-refractivity contribution is 5.89. The van der Waals surface area contributed by atoms with Gasteiger partial charge in [0.2, 0.25) is 5.91 Å². The van der Waals surface area contributed by atoms with Gasteiger partial charge in [0.25, 0.3) is 0 Å². The molecule has 3 aliphatic heterocycles. The molecule has 3 aromatic rings. The number of alkyl halides is 3. The second kappa shape index (κ2) is 10.5. The highest BCUT2D eigenvalue weighted by Crippen LogP contribution is 2.43. The molecule has 0 bridgehead atoms. The molecule has 0 aliphatic carbocycles. The van der Waals surface area contributed by atoms with Gasteiger partial charge in [0.15, 0.2) is 0 Å². The summed E-state index contributed by atoms with van der Waals surface area (Å²) in [6.45, 7) is 6.82. The minimum atomic E-state index is -4.79. The van der Waals surface area contributed by atoms with Crippen molar-refractivity contribution in [3.8, 4) is 0 Å². The Balaban J connectivity index is 1.29. The van der Waals surface area contributed by atoms with Crippen molar-refractivity contribution in [3.63, 3.8) is 0 Å². The molecule has 1 amide bonds. The van der Waals surface area contributed by atoms with Crippen LogP contribution in [0.1, 0.15) is 61.3 Å². The van der Waals surface area contributed by atoms with Crippen molar-refractivity contribution in [2.75, 3.05) is 38.2 Å². The van der Waals surface area contributed by atoms with E-state index in [4.69, 9.17) is 14.5 Å². The third kappa shape index (κ3) is 5.05. The van der Waals surface area contributed by atoms with Crippen LogP contribution in [-0.2, 0) is 32.6 Å². The number of ether oxygens (including phenoxy) is 2. The number of halogens is 4. The van der Waals surface area contributed by atoms with E-state index in [0.717, 1.165) is 24.6 Å². The van der Waals surface area contributed by atoms with Crippen LogP contribution in [0, 0.1) is 18.7 Å². The van der Waals surface area contributed by atoms with Gasteiger partial charge in [-0.05, 0) is 51.7 Å².